The van der Waals surface area contributed by atoms with Crippen LogP contribution in [0.3, 0.4) is 0 Å². The van der Waals surface area contributed by atoms with E-state index in [9.17, 15) is 0 Å². The molecule has 1 aromatic carbocycles. The normalized spacial score (nSPS) is 22.3. The summed E-state index contributed by atoms with van der Waals surface area (Å²) in [6.07, 6.45) is 2.38. The zero-order chi connectivity index (χ0) is 10.6. The highest BCUT2D eigenvalue weighted by Gasteiger charge is 2.37. The van der Waals surface area contributed by atoms with E-state index in [2.05, 4.69) is 36.8 Å². The second-order valence-electron chi connectivity index (χ2n) is 4.16. The lowest BCUT2D eigenvalue weighted by Gasteiger charge is -2.25. The first-order chi connectivity index (χ1) is 7.18. The summed E-state index contributed by atoms with van der Waals surface area (Å²) in [7, 11) is 2.07. The number of ether oxygens (including phenoxy) is 1. The Hall–Kier alpha value is -1.64. The van der Waals surface area contributed by atoms with Gasteiger partial charge in [0.15, 0.2) is 5.75 Å². The molecule has 3 rings (SSSR count). The highest BCUT2D eigenvalue weighted by Crippen LogP contribution is 2.45. The summed E-state index contributed by atoms with van der Waals surface area (Å²) in [6.45, 7) is 4.30. The molecule has 0 radical (unpaired) electrons. The van der Waals surface area contributed by atoms with Crippen LogP contribution in [0, 0.1) is 6.92 Å². The van der Waals surface area contributed by atoms with Crippen molar-refractivity contribution in [3.8, 4) is 5.75 Å². The molecule has 0 fully saturated rings. The third-order valence-electron chi connectivity index (χ3n) is 3.17. The summed E-state index contributed by atoms with van der Waals surface area (Å²) >= 11 is 0. The van der Waals surface area contributed by atoms with Crippen LogP contribution in [0.4, 0.5) is 5.69 Å². The van der Waals surface area contributed by atoms with Crippen LogP contribution in [0.5, 0.6) is 5.75 Å². The van der Waals surface area contributed by atoms with Crippen molar-refractivity contribution >= 4 is 5.69 Å². The van der Waals surface area contributed by atoms with Crippen molar-refractivity contribution in [2.45, 2.75) is 20.0 Å². The lowest BCUT2D eigenvalue weighted by Crippen LogP contribution is -2.34. The zero-order valence-corrected chi connectivity index (χ0v) is 9.19. The Bertz CT molecular complexity index is 453. The third-order valence-corrected chi connectivity index (χ3v) is 3.17. The number of para-hydroxylation sites is 1. The summed E-state index contributed by atoms with van der Waals surface area (Å²) in [5, 5.41) is 0. The first-order valence-electron chi connectivity index (χ1n) is 5.19. The molecule has 0 N–H and O–H groups in total. The summed E-state index contributed by atoms with van der Waals surface area (Å²) in [4.78, 5) is 4.40. The Morgan fingerprint density at radius 2 is 2.13 bits per heavy atom. The number of hydrogen-bond acceptors (Lipinski definition) is 3. The van der Waals surface area contributed by atoms with Gasteiger partial charge in [0.05, 0.1) is 11.9 Å². The lowest BCUT2D eigenvalue weighted by molar-refractivity contribution is 0.381. The first-order valence-corrected chi connectivity index (χ1v) is 5.19. The molecule has 0 aromatic heterocycles. The Morgan fingerprint density at radius 3 is 2.93 bits per heavy atom. The largest absolute Gasteiger partial charge is 0.437 e. The molecule has 1 aromatic rings. The number of fused-ring (bicyclic) bond motifs is 3. The van der Waals surface area contributed by atoms with E-state index >= 15 is 0 Å². The van der Waals surface area contributed by atoms with Gasteiger partial charge in [-0.3, -0.25) is 4.90 Å². The standard InChI is InChI=1S/C12H14N2O/c1-8-5-4-6-10-12(8)14-9(2)13(3)7-11(14)15-10/h4-7,9H,1-3H3. The SMILES string of the molecule is Cc1cccc2c1N1C(=CN(C)C1C)O2. The number of hydrogen-bond donors (Lipinski definition) is 0. The van der Waals surface area contributed by atoms with E-state index in [1.807, 2.05) is 18.3 Å². The van der Waals surface area contributed by atoms with Crippen molar-refractivity contribution in [3.05, 3.63) is 35.8 Å². The second kappa shape index (κ2) is 2.69. The molecule has 0 bridgehead atoms. The molecule has 0 spiro atoms. The van der Waals surface area contributed by atoms with Crippen molar-refractivity contribution < 1.29 is 4.74 Å². The molecule has 0 saturated carbocycles. The molecule has 0 amide bonds. The molecule has 2 aliphatic rings. The van der Waals surface area contributed by atoms with Gasteiger partial charge in [0.1, 0.15) is 6.17 Å². The minimum atomic E-state index is 0.336. The Labute approximate surface area is 89.6 Å². The van der Waals surface area contributed by atoms with Crippen molar-refractivity contribution in [2.24, 2.45) is 0 Å². The van der Waals surface area contributed by atoms with Crippen LogP contribution >= 0.6 is 0 Å². The van der Waals surface area contributed by atoms with E-state index in [1.54, 1.807) is 0 Å². The number of aryl methyl sites for hydroxylation is 1. The predicted octanol–water partition coefficient (Wildman–Crippen LogP) is 2.28. The molecular weight excluding hydrogens is 188 g/mol. The van der Waals surface area contributed by atoms with Crippen LogP contribution in [-0.2, 0) is 0 Å². The highest BCUT2D eigenvalue weighted by molar-refractivity contribution is 5.71. The van der Waals surface area contributed by atoms with Crippen LogP contribution < -0.4 is 9.64 Å². The van der Waals surface area contributed by atoms with E-state index < -0.39 is 0 Å². The van der Waals surface area contributed by atoms with Gasteiger partial charge in [-0.2, -0.15) is 0 Å². The smallest absolute Gasteiger partial charge is 0.218 e. The van der Waals surface area contributed by atoms with E-state index in [0.717, 1.165) is 11.6 Å². The molecule has 15 heavy (non-hydrogen) atoms. The van der Waals surface area contributed by atoms with Gasteiger partial charge in [-0.15, -0.1) is 0 Å². The molecule has 2 aliphatic heterocycles. The number of anilines is 1. The molecule has 78 valence electrons. The molecule has 3 heteroatoms. The molecule has 1 unspecified atom stereocenters. The fraction of sp³-hybridized carbons (Fsp3) is 0.333. The van der Waals surface area contributed by atoms with Gasteiger partial charge in [-0.1, -0.05) is 12.1 Å². The average Bonchev–Trinajstić information content (AvgIpc) is 2.66. The maximum Gasteiger partial charge on any atom is 0.218 e. The fourth-order valence-electron chi connectivity index (χ4n) is 2.22. The average molecular weight is 202 g/mol. The van der Waals surface area contributed by atoms with Crippen LogP contribution in [0.1, 0.15) is 12.5 Å². The Kier molecular flexibility index (Phi) is 1.55. The lowest BCUT2D eigenvalue weighted by atomic mass is 10.1. The number of rotatable bonds is 0. The van der Waals surface area contributed by atoms with Gasteiger partial charge in [0.25, 0.3) is 0 Å². The second-order valence-corrected chi connectivity index (χ2v) is 4.16. The van der Waals surface area contributed by atoms with Gasteiger partial charge in [-0.25, -0.2) is 0 Å². The summed E-state index contributed by atoms with van der Waals surface area (Å²) in [5.74, 6) is 1.91. The quantitative estimate of drug-likeness (QED) is 0.642. The zero-order valence-electron chi connectivity index (χ0n) is 9.19. The minimum Gasteiger partial charge on any atom is -0.437 e. The van der Waals surface area contributed by atoms with Crippen molar-refractivity contribution in [2.75, 3.05) is 11.9 Å². The molecule has 1 atom stereocenters. The van der Waals surface area contributed by atoms with Crippen molar-refractivity contribution in [1.29, 1.82) is 0 Å². The number of benzene rings is 1. The van der Waals surface area contributed by atoms with Crippen LogP contribution in [0.15, 0.2) is 30.3 Å². The van der Waals surface area contributed by atoms with E-state index in [1.165, 1.54) is 11.3 Å². The molecule has 3 nitrogen and oxygen atoms in total. The predicted molar refractivity (Wildman–Crippen MR) is 59.6 cm³/mol. The minimum absolute atomic E-state index is 0.336. The summed E-state index contributed by atoms with van der Waals surface area (Å²) < 4.78 is 5.80. The van der Waals surface area contributed by atoms with Gasteiger partial charge >= 0.3 is 0 Å². The Morgan fingerprint density at radius 1 is 1.33 bits per heavy atom. The van der Waals surface area contributed by atoms with Gasteiger partial charge < -0.3 is 9.64 Å². The number of nitrogens with zero attached hydrogens (tertiary/aromatic N) is 2. The fourth-order valence-corrected chi connectivity index (χ4v) is 2.22. The monoisotopic (exact) mass is 202 g/mol. The molecular formula is C12H14N2O. The topological polar surface area (TPSA) is 15.7 Å². The van der Waals surface area contributed by atoms with Gasteiger partial charge in [0.2, 0.25) is 5.88 Å². The molecule has 2 heterocycles. The summed E-state index contributed by atoms with van der Waals surface area (Å²) in [5.41, 5.74) is 2.47. The maximum atomic E-state index is 5.80. The van der Waals surface area contributed by atoms with Crippen LogP contribution in [-0.4, -0.2) is 18.1 Å². The van der Waals surface area contributed by atoms with E-state index in [0.29, 0.717) is 6.17 Å². The first kappa shape index (κ1) is 8.65. The van der Waals surface area contributed by atoms with Crippen LogP contribution in [0.25, 0.3) is 0 Å². The van der Waals surface area contributed by atoms with Crippen molar-refractivity contribution in [1.82, 2.24) is 4.90 Å². The van der Waals surface area contributed by atoms with E-state index in [-0.39, 0.29) is 0 Å². The summed E-state index contributed by atoms with van der Waals surface area (Å²) in [6, 6.07) is 6.18. The maximum absolute atomic E-state index is 5.80. The molecule has 0 saturated heterocycles. The highest BCUT2D eigenvalue weighted by atomic mass is 16.5. The van der Waals surface area contributed by atoms with E-state index in [4.69, 9.17) is 4.74 Å². The molecule has 0 aliphatic carbocycles. The van der Waals surface area contributed by atoms with Gasteiger partial charge in [0, 0.05) is 7.05 Å². The van der Waals surface area contributed by atoms with Crippen LogP contribution in [0.2, 0.25) is 0 Å². The van der Waals surface area contributed by atoms with Crippen molar-refractivity contribution in [3.63, 3.8) is 0 Å². The van der Waals surface area contributed by atoms with Gasteiger partial charge in [-0.05, 0) is 25.5 Å². The Balaban J connectivity index is 2.16. The third kappa shape index (κ3) is 1.00.